The van der Waals surface area contributed by atoms with Gasteiger partial charge in [-0.05, 0) is 12.8 Å². The lowest BCUT2D eigenvalue weighted by Crippen LogP contribution is -2.17. The van der Waals surface area contributed by atoms with Gasteiger partial charge in [-0.2, -0.15) is 8.61 Å². The lowest BCUT2D eigenvalue weighted by molar-refractivity contribution is 0.554. The monoisotopic (exact) mass is 282 g/mol. The maximum absolute atomic E-state index is 11.5. The molecule has 17 heavy (non-hydrogen) atoms. The van der Waals surface area contributed by atoms with E-state index in [1.807, 2.05) is 0 Å². The highest BCUT2D eigenvalue weighted by molar-refractivity contribution is 7.89. The van der Waals surface area contributed by atoms with Crippen molar-refractivity contribution in [2.24, 2.45) is 0 Å². The highest BCUT2D eigenvalue weighted by atomic mass is 32.2. The Balaban J connectivity index is 1.60. The minimum absolute atomic E-state index is 0.150. The molecule has 0 radical (unpaired) electrons. The molecule has 0 saturated carbocycles. The second-order valence-corrected chi connectivity index (χ2v) is 8.67. The van der Waals surface area contributed by atoms with Crippen LogP contribution in [0.4, 0.5) is 0 Å². The zero-order valence-electron chi connectivity index (χ0n) is 9.71. The van der Waals surface area contributed by atoms with Gasteiger partial charge in [0.15, 0.2) is 0 Å². The first-order valence-electron chi connectivity index (χ1n) is 5.87. The number of rotatable bonds is 8. The molecule has 0 amide bonds. The molecule has 2 fully saturated rings. The fraction of sp³-hybridized carbons (Fsp3) is 1.00. The second kappa shape index (κ2) is 4.83. The predicted octanol–water partition coefficient (Wildman–Crippen LogP) is -0.552. The average molecular weight is 282 g/mol. The maximum atomic E-state index is 11.5. The van der Waals surface area contributed by atoms with Crippen LogP contribution in [0.2, 0.25) is 0 Å². The van der Waals surface area contributed by atoms with Gasteiger partial charge in [0.05, 0.1) is 11.5 Å². The molecular formula is C9H18N2O4S2. The topological polar surface area (TPSA) is 74.3 Å². The number of unbranched alkanes of at least 4 members (excludes halogenated alkanes) is 2. The first-order valence-corrected chi connectivity index (χ1v) is 9.09. The molecule has 2 heterocycles. The van der Waals surface area contributed by atoms with Gasteiger partial charge in [0.1, 0.15) is 0 Å². The van der Waals surface area contributed by atoms with E-state index in [4.69, 9.17) is 0 Å². The zero-order chi connectivity index (χ0) is 12.5. The third-order valence-electron chi connectivity index (χ3n) is 2.90. The highest BCUT2D eigenvalue weighted by Gasteiger charge is 2.32. The van der Waals surface area contributed by atoms with Crippen LogP contribution in [0.5, 0.6) is 0 Å². The van der Waals surface area contributed by atoms with Gasteiger partial charge in [-0.1, -0.05) is 6.42 Å². The van der Waals surface area contributed by atoms with Crippen molar-refractivity contribution < 1.29 is 16.8 Å². The Bertz CT molecular complexity index is 419. The van der Waals surface area contributed by atoms with E-state index < -0.39 is 20.0 Å². The molecule has 0 N–H and O–H groups in total. The molecule has 2 aliphatic rings. The van der Waals surface area contributed by atoms with E-state index in [0.717, 1.165) is 0 Å². The van der Waals surface area contributed by atoms with Crippen molar-refractivity contribution in [3.8, 4) is 0 Å². The van der Waals surface area contributed by atoms with Gasteiger partial charge >= 0.3 is 0 Å². The summed E-state index contributed by atoms with van der Waals surface area (Å²) in [6.07, 6.45) is 1.75. The lowest BCUT2D eigenvalue weighted by atomic mass is 10.3. The van der Waals surface area contributed by atoms with Crippen molar-refractivity contribution in [1.29, 1.82) is 0 Å². The smallest absolute Gasteiger partial charge is 0.212 e. The van der Waals surface area contributed by atoms with Crippen LogP contribution in [-0.2, 0) is 20.0 Å². The SMILES string of the molecule is O=S(=O)(CCCCCS(=O)(=O)N1CC1)N1CC1. The summed E-state index contributed by atoms with van der Waals surface area (Å²) in [4.78, 5) is 0. The van der Waals surface area contributed by atoms with Gasteiger partial charge < -0.3 is 0 Å². The highest BCUT2D eigenvalue weighted by Crippen LogP contribution is 2.16. The summed E-state index contributed by atoms with van der Waals surface area (Å²) in [5.74, 6) is 0.299. The predicted molar refractivity (Wildman–Crippen MR) is 64.6 cm³/mol. The van der Waals surface area contributed by atoms with E-state index in [0.29, 0.717) is 45.4 Å². The largest absolute Gasteiger partial charge is 0.214 e. The van der Waals surface area contributed by atoms with E-state index in [2.05, 4.69) is 0 Å². The molecule has 0 unspecified atom stereocenters. The summed E-state index contributed by atoms with van der Waals surface area (Å²) in [6.45, 7) is 2.58. The van der Waals surface area contributed by atoms with Crippen LogP contribution in [0.15, 0.2) is 0 Å². The molecule has 0 aliphatic carbocycles. The second-order valence-electron chi connectivity index (χ2n) is 4.49. The number of hydrogen-bond donors (Lipinski definition) is 0. The Morgan fingerprint density at radius 3 is 1.29 bits per heavy atom. The molecule has 0 aromatic heterocycles. The van der Waals surface area contributed by atoms with E-state index in [1.165, 1.54) is 8.61 Å². The Morgan fingerprint density at radius 1 is 0.647 bits per heavy atom. The van der Waals surface area contributed by atoms with Crippen LogP contribution in [0.1, 0.15) is 19.3 Å². The number of nitrogens with zero attached hydrogens (tertiary/aromatic N) is 2. The first-order chi connectivity index (χ1) is 7.92. The Kier molecular flexibility index (Phi) is 3.77. The van der Waals surface area contributed by atoms with Crippen molar-refractivity contribution >= 4 is 20.0 Å². The van der Waals surface area contributed by atoms with Crippen molar-refractivity contribution in [2.45, 2.75) is 19.3 Å². The van der Waals surface area contributed by atoms with Gasteiger partial charge in [0.25, 0.3) is 0 Å². The summed E-state index contributed by atoms with van der Waals surface area (Å²) < 4.78 is 48.8. The standard InChI is InChI=1S/C9H18N2O4S2/c12-16(13,10-4-5-10)8-2-1-3-9-17(14,15)11-6-7-11/h1-9H2. The molecule has 0 aromatic carbocycles. The van der Waals surface area contributed by atoms with Crippen molar-refractivity contribution in [1.82, 2.24) is 8.61 Å². The van der Waals surface area contributed by atoms with Crippen LogP contribution < -0.4 is 0 Å². The quantitative estimate of drug-likeness (QED) is 0.442. The molecule has 0 aromatic rings. The molecule has 0 bridgehead atoms. The van der Waals surface area contributed by atoms with Gasteiger partial charge in [0, 0.05) is 26.2 Å². The molecule has 8 heteroatoms. The number of sulfonamides is 2. The van der Waals surface area contributed by atoms with Crippen molar-refractivity contribution in [2.75, 3.05) is 37.7 Å². The molecule has 2 rings (SSSR count). The fourth-order valence-corrected chi connectivity index (χ4v) is 4.57. The van der Waals surface area contributed by atoms with E-state index in [9.17, 15) is 16.8 Å². The maximum Gasteiger partial charge on any atom is 0.214 e. The summed E-state index contributed by atoms with van der Waals surface area (Å²) in [7, 11) is -6.07. The Hall–Kier alpha value is -0.180. The van der Waals surface area contributed by atoms with E-state index >= 15 is 0 Å². The molecule has 0 atom stereocenters. The van der Waals surface area contributed by atoms with Crippen LogP contribution in [-0.4, -0.2) is 63.1 Å². The van der Waals surface area contributed by atoms with Gasteiger partial charge in [0.2, 0.25) is 20.0 Å². The number of hydrogen-bond acceptors (Lipinski definition) is 4. The fourth-order valence-electron chi connectivity index (χ4n) is 1.64. The van der Waals surface area contributed by atoms with E-state index in [-0.39, 0.29) is 11.5 Å². The van der Waals surface area contributed by atoms with Crippen molar-refractivity contribution in [3.63, 3.8) is 0 Å². The third kappa shape index (κ3) is 3.90. The summed E-state index contributed by atoms with van der Waals surface area (Å²) in [5, 5.41) is 0. The molecule has 2 aliphatic heterocycles. The van der Waals surface area contributed by atoms with Crippen molar-refractivity contribution in [3.05, 3.63) is 0 Å². The molecule has 6 nitrogen and oxygen atoms in total. The molecular weight excluding hydrogens is 264 g/mol. The van der Waals surface area contributed by atoms with Crippen LogP contribution >= 0.6 is 0 Å². The van der Waals surface area contributed by atoms with Gasteiger partial charge in [-0.3, -0.25) is 0 Å². The Morgan fingerprint density at radius 2 is 1.00 bits per heavy atom. The lowest BCUT2D eigenvalue weighted by Gasteiger charge is -2.05. The van der Waals surface area contributed by atoms with Crippen LogP contribution in [0, 0.1) is 0 Å². The minimum atomic E-state index is -3.03. The van der Waals surface area contributed by atoms with E-state index in [1.54, 1.807) is 0 Å². The third-order valence-corrected chi connectivity index (χ3v) is 6.82. The minimum Gasteiger partial charge on any atom is -0.212 e. The summed E-state index contributed by atoms with van der Waals surface area (Å²) >= 11 is 0. The van der Waals surface area contributed by atoms with Gasteiger partial charge in [-0.15, -0.1) is 0 Å². The molecule has 0 spiro atoms. The molecule has 2 saturated heterocycles. The average Bonchev–Trinajstić information content (AvgIpc) is 3.04. The normalized spacial score (nSPS) is 21.6. The summed E-state index contributed by atoms with van der Waals surface area (Å²) in [6, 6.07) is 0. The van der Waals surface area contributed by atoms with Crippen LogP contribution in [0.25, 0.3) is 0 Å². The summed E-state index contributed by atoms with van der Waals surface area (Å²) in [5.41, 5.74) is 0. The van der Waals surface area contributed by atoms with Gasteiger partial charge in [-0.25, -0.2) is 16.8 Å². The Labute approximate surface area is 103 Å². The van der Waals surface area contributed by atoms with Crippen LogP contribution in [0.3, 0.4) is 0 Å². The molecule has 100 valence electrons. The first kappa shape index (κ1) is 13.3. The zero-order valence-corrected chi connectivity index (χ0v) is 11.3.